The number of hydrogen-bond acceptors (Lipinski definition) is 5. The molecular weight excluding hydrogens is 474 g/mol. The van der Waals surface area contributed by atoms with Gasteiger partial charge in [-0.15, -0.1) is 0 Å². The maximum absolute atomic E-state index is 13.4. The third-order valence-electron chi connectivity index (χ3n) is 7.76. The minimum absolute atomic E-state index is 0.0827. The van der Waals surface area contributed by atoms with Crippen molar-refractivity contribution in [2.45, 2.75) is 136 Å². The molecule has 0 aromatic carbocycles. The van der Waals surface area contributed by atoms with Gasteiger partial charge in [0.25, 0.3) is 0 Å². The summed E-state index contributed by atoms with van der Waals surface area (Å²) in [5.74, 6) is -2.10. The summed E-state index contributed by atoms with van der Waals surface area (Å²) in [7, 11) is 0. The second-order valence-corrected chi connectivity index (χ2v) is 12.4. The lowest BCUT2D eigenvalue weighted by Crippen LogP contribution is -2.60. The Hall–Kier alpha value is -1.87. The predicted octanol–water partition coefficient (Wildman–Crippen LogP) is 4.59. The molecule has 9 nitrogen and oxygen atoms in total. The third-order valence-corrected chi connectivity index (χ3v) is 7.76. The zero-order chi connectivity index (χ0) is 27.8. The van der Waals surface area contributed by atoms with Gasteiger partial charge in [-0.25, -0.2) is 4.79 Å². The molecule has 2 aliphatic rings. The van der Waals surface area contributed by atoms with Crippen LogP contribution in [0.1, 0.15) is 106 Å². The van der Waals surface area contributed by atoms with Crippen LogP contribution in [0.25, 0.3) is 0 Å². The smallest absolute Gasteiger partial charge is 0.315 e. The highest BCUT2D eigenvalue weighted by atomic mass is 16.7. The third kappa shape index (κ3) is 9.74. The number of aliphatic carboxylic acids is 1. The normalized spacial score (nSPS) is 26.6. The maximum atomic E-state index is 13.4. The van der Waals surface area contributed by atoms with Gasteiger partial charge in [-0.2, -0.15) is 0 Å². The van der Waals surface area contributed by atoms with Gasteiger partial charge in [-0.05, 0) is 39.0 Å². The van der Waals surface area contributed by atoms with E-state index in [1.165, 1.54) is 0 Å². The molecule has 0 spiro atoms. The molecule has 0 aromatic rings. The molecule has 1 aliphatic carbocycles. The number of carbonyl (C=O) groups is 3. The number of hydrogen-bond donors (Lipinski definition) is 4. The summed E-state index contributed by atoms with van der Waals surface area (Å²) in [5, 5.41) is 19.0. The fourth-order valence-electron chi connectivity index (χ4n) is 5.46. The molecular formula is C28H51N3O6. The Morgan fingerprint density at radius 2 is 1.70 bits per heavy atom. The van der Waals surface area contributed by atoms with E-state index in [1.54, 1.807) is 13.8 Å². The molecule has 2 rings (SSSR count). The van der Waals surface area contributed by atoms with Crippen LogP contribution in [0.5, 0.6) is 0 Å². The van der Waals surface area contributed by atoms with Crippen LogP contribution in [0.3, 0.4) is 0 Å². The van der Waals surface area contributed by atoms with Crippen molar-refractivity contribution in [3.05, 3.63) is 0 Å². The zero-order valence-corrected chi connectivity index (χ0v) is 24.0. The molecule has 5 unspecified atom stereocenters. The van der Waals surface area contributed by atoms with E-state index in [2.05, 4.69) is 36.7 Å². The summed E-state index contributed by atoms with van der Waals surface area (Å²) < 4.78 is 11.7. The van der Waals surface area contributed by atoms with Crippen molar-refractivity contribution in [3.63, 3.8) is 0 Å². The van der Waals surface area contributed by atoms with Gasteiger partial charge in [-0.3, -0.25) is 9.59 Å². The Balaban J connectivity index is 2.13. The molecule has 1 heterocycles. The summed E-state index contributed by atoms with van der Waals surface area (Å²) in [5.41, 5.74) is -0.568. The van der Waals surface area contributed by atoms with E-state index in [0.717, 1.165) is 51.4 Å². The molecule has 214 valence electrons. The summed E-state index contributed by atoms with van der Waals surface area (Å²) in [4.78, 5) is 38.3. The van der Waals surface area contributed by atoms with E-state index in [9.17, 15) is 19.5 Å². The number of carbonyl (C=O) groups excluding carboxylic acids is 2. The fraction of sp³-hybridized carbons (Fsp3) is 0.893. The number of carboxylic acids is 1. The molecule has 37 heavy (non-hydrogen) atoms. The van der Waals surface area contributed by atoms with Crippen molar-refractivity contribution in [1.29, 1.82) is 0 Å². The Kier molecular flexibility index (Phi) is 11.7. The standard InChI is InChI=1S/C28H51N3O6/c1-8-9-10-14-20(18(2)3)30-26(35)31-21-15-12-11-13-19(21)22(16-23(32)33)29-25(34)24-27(4,5)17-36-28(6,7)37-24/h18-22,24H,8-17H2,1-7H3,(H,29,34)(H,32,33)(H2,30,31,35). The largest absolute Gasteiger partial charge is 0.481 e. The highest BCUT2D eigenvalue weighted by Crippen LogP contribution is 2.36. The van der Waals surface area contributed by atoms with Crippen molar-refractivity contribution in [1.82, 2.24) is 16.0 Å². The highest BCUT2D eigenvalue weighted by Gasteiger charge is 2.47. The minimum Gasteiger partial charge on any atom is -0.481 e. The van der Waals surface area contributed by atoms with Crippen LogP contribution >= 0.6 is 0 Å². The lowest BCUT2D eigenvalue weighted by molar-refractivity contribution is -0.304. The molecule has 0 radical (unpaired) electrons. The van der Waals surface area contributed by atoms with E-state index >= 15 is 0 Å². The maximum Gasteiger partial charge on any atom is 0.315 e. The first-order valence-corrected chi connectivity index (χ1v) is 14.2. The van der Waals surface area contributed by atoms with E-state index < -0.39 is 29.3 Å². The van der Waals surface area contributed by atoms with E-state index in [4.69, 9.17) is 9.47 Å². The minimum atomic E-state index is -0.984. The van der Waals surface area contributed by atoms with Gasteiger partial charge in [0.1, 0.15) is 6.10 Å². The van der Waals surface area contributed by atoms with Crippen molar-refractivity contribution in [2.75, 3.05) is 6.61 Å². The van der Waals surface area contributed by atoms with Crippen molar-refractivity contribution < 1.29 is 29.0 Å². The summed E-state index contributed by atoms with van der Waals surface area (Å²) in [6.07, 6.45) is 6.63. The first-order valence-electron chi connectivity index (χ1n) is 14.2. The Labute approximate surface area is 223 Å². The average molecular weight is 526 g/mol. The van der Waals surface area contributed by atoms with Crippen molar-refractivity contribution in [2.24, 2.45) is 17.3 Å². The molecule has 0 bridgehead atoms. The Morgan fingerprint density at radius 1 is 1.03 bits per heavy atom. The van der Waals surface area contributed by atoms with Gasteiger partial charge in [0, 0.05) is 29.5 Å². The second kappa shape index (κ2) is 13.8. The summed E-state index contributed by atoms with van der Waals surface area (Å²) in [6.45, 7) is 14.1. The van der Waals surface area contributed by atoms with Crippen LogP contribution in [0.4, 0.5) is 4.79 Å². The molecule has 1 saturated carbocycles. The molecule has 5 atom stereocenters. The summed E-state index contributed by atoms with van der Waals surface area (Å²) >= 11 is 0. The zero-order valence-electron chi connectivity index (χ0n) is 24.0. The van der Waals surface area contributed by atoms with Gasteiger partial charge in [0.05, 0.1) is 13.0 Å². The van der Waals surface area contributed by atoms with Crippen LogP contribution in [0.2, 0.25) is 0 Å². The van der Waals surface area contributed by atoms with E-state index in [0.29, 0.717) is 12.5 Å². The number of nitrogens with one attached hydrogen (secondary N) is 3. The lowest BCUT2D eigenvalue weighted by Gasteiger charge is -2.45. The van der Waals surface area contributed by atoms with Gasteiger partial charge >= 0.3 is 12.0 Å². The number of carboxylic acid groups (broad SMARTS) is 1. The molecule has 3 amide bonds. The first kappa shape index (κ1) is 31.3. The van der Waals surface area contributed by atoms with Crippen LogP contribution in [-0.4, -0.2) is 59.6 Å². The number of unbranched alkanes of at least 4 members (excludes halogenated alkanes) is 2. The summed E-state index contributed by atoms with van der Waals surface area (Å²) in [6, 6.07) is -0.976. The molecule has 1 saturated heterocycles. The molecule has 0 aromatic heterocycles. The van der Waals surface area contributed by atoms with E-state index in [1.807, 2.05) is 13.8 Å². The molecule has 4 N–H and O–H groups in total. The quantitative estimate of drug-likeness (QED) is 0.276. The number of rotatable bonds is 12. The van der Waals surface area contributed by atoms with Crippen LogP contribution in [0.15, 0.2) is 0 Å². The van der Waals surface area contributed by atoms with Gasteiger partial charge in [0.2, 0.25) is 5.91 Å². The SMILES string of the molecule is CCCCCC(NC(=O)NC1CCCCC1C(CC(=O)O)NC(=O)C1OC(C)(C)OCC1(C)C)C(C)C. The van der Waals surface area contributed by atoms with E-state index in [-0.39, 0.29) is 36.4 Å². The van der Waals surface area contributed by atoms with Gasteiger partial charge in [0.15, 0.2) is 5.79 Å². The lowest BCUT2D eigenvalue weighted by atomic mass is 9.78. The second-order valence-electron chi connectivity index (χ2n) is 12.4. The fourth-order valence-corrected chi connectivity index (χ4v) is 5.46. The molecule has 9 heteroatoms. The number of urea groups is 1. The van der Waals surface area contributed by atoms with Crippen molar-refractivity contribution >= 4 is 17.9 Å². The Bertz CT molecular complexity index is 769. The highest BCUT2D eigenvalue weighted by molar-refractivity contribution is 5.83. The van der Waals surface area contributed by atoms with Gasteiger partial charge < -0.3 is 30.5 Å². The predicted molar refractivity (Wildman–Crippen MR) is 143 cm³/mol. The van der Waals surface area contributed by atoms with Crippen LogP contribution in [-0.2, 0) is 19.1 Å². The Morgan fingerprint density at radius 3 is 2.32 bits per heavy atom. The number of ether oxygens (including phenoxy) is 2. The average Bonchev–Trinajstić information content (AvgIpc) is 2.80. The first-order chi connectivity index (χ1) is 17.3. The van der Waals surface area contributed by atoms with Crippen LogP contribution in [0, 0.1) is 17.3 Å². The van der Waals surface area contributed by atoms with Crippen molar-refractivity contribution in [3.8, 4) is 0 Å². The van der Waals surface area contributed by atoms with Crippen LogP contribution < -0.4 is 16.0 Å². The monoisotopic (exact) mass is 525 g/mol. The molecule has 2 fully saturated rings. The number of amides is 3. The molecule has 1 aliphatic heterocycles. The topological polar surface area (TPSA) is 126 Å². The van der Waals surface area contributed by atoms with Gasteiger partial charge in [-0.1, -0.05) is 66.7 Å².